The number of benzene rings is 1. The highest BCUT2D eigenvalue weighted by molar-refractivity contribution is 7.99. The van der Waals surface area contributed by atoms with Gasteiger partial charge in [0.05, 0.1) is 11.3 Å². The van der Waals surface area contributed by atoms with Crippen LogP contribution in [0.5, 0.6) is 0 Å². The van der Waals surface area contributed by atoms with E-state index in [1.54, 1.807) is 12.1 Å². The fraction of sp³-hybridized carbons (Fsp3) is 0.500. The van der Waals surface area contributed by atoms with E-state index >= 15 is 0 Å². The molecule has 0 radical (unpaired) electrons. The van der Waals surface area contributed by atoms with Crippen molar-refractivity contribution in [2.75, 3.05) is 17.7 Å². The number of urea groups is 1. The van der Waals surface area contributed by atoms with Crippen LogP contribution in [0.3, 0.4) is 0 Å². The molecule has 8 nitrogen and oxygen atoms in total. The highest BCUT2D eigenvalue weighted by atomic mass is 32.2. The highest BCUT2D eigenvalue weighted by Crippen LogP contribution is 2.31. The fourth-order valence-corrected chi connectivity index (χ4v) is 4.40. The summed E-state index contributed by atoms with van der Waals surface area (Å²) >= 11 is 1.53. The maximum atomic E-state index is 12.2. The van der Waals surface area contributed by atoms with Crippen LogP contribution in [0.15, 0.2) is 23.1 Å². The van der Waals surface area contributed by atoms with E-state index in [4.69, 9.17) is 4.74 Å². The molecule has 0 bridgehead atoms. The molecular weight excluding hydrogens is 394 g/mol. The molecule has 1 fully saturated rings. The lowest BCUT2D eigenvalue weighted by Crippen LogP contribution is -2.48. The molecule has 0 spiro atoms. The van der Waals surface area contributed by atoms with Crippen molar-refractivity contribution in [2.45, 2.75) is 50.0 Å². The Bertz CT molecular complexity index is 813. The van der Waals surface area contributed by atoms with Crippen LogP contribution >= 0.6 is 11.8 Å². The van der Waals surface area contributed by atoms with Gasteiger partial charge in [0.2, 0.25) is 5.91 Å². The van der Waals surface area contributed by atoms with E-state index in [1.165, 1.54) is 17.8 Å². The van der Waals surface area contributed by atoms with Gasteiger partial charge in [-0.3, -0.25) is 14.9 Å². The number of nitrogens with one attached hydrogen (secondary N) is 3. The molecule has 1 aromatic rings. The number of hydrogen-bond acceptors (Lipinski definition) is 6. The van der Waals surface area contributed by atoms with E-state index in [9.17, 15) is 19.2 Å². The van der Waals surface area contributed by atoms with E-state index < -0.39 is 24.5 Å². The maximum absolute atomic E-state index is 12.2. The number of fused-ring (bicyclic) bond motifs is 1. The van der Waals surface area contributed by atoms with Crippen LogP contribution in [-0.4, -0.2) is 42.2 Å². The SMILES string of the molecule is C[C@@H]1CCCC[C@@H]1NC(=O)NC(=O)COC(=O)c1ccc2c(c1)NC(=O)CCS2. The number of ether oxygens (including phenoxy) is 1. The van der Waals surface area contributed by atoms with Crippen molar-refractivity contribution in [3.63, 3.8) is 0 Å². The molecule has 2 atom stereocenters. The second kappa shape index (κ2) is 9.78. The molecule has 2 aliphatic rings. The van der Waals surface area contributed by atoms with Crippen LogP contribution in [0.4, 0.5) is 10.5 Å². The minimum Gasteiger partial charge on any atom is -0.452 e. The second-order valence-corrected chi connectivity index (χ2v) is 8.46. The summed E-state index contributed by atoms with van der Waals surface area (Å²) in [5.74, 6) is -0.468. The van der Waals surface area contributed by atoms with Crippen LogP contribution < -0.4 is 16.0 Å². The first-order chi connectivity index (χ1) is 13.9. The molecule has 3 N–H and O–H groups in total. The van der Waals surface area contributed by atoms with Crippen LogP contribution in [0.2, 0.25) is 0 Å². The molecule has 1 saturated carbocycles. The topological polar surface area (TPSA) is 114 Å². The van der Waals surface area contributed by atoms with E-state index in [0.29, 0.717) is 23.8 Å². The van der Waals surface area contributed by atoms with Gasteiger partial charge >= 0.3 is 12.0 Å². The Hall–Kier alpha value is -2.55. The first-order valence-corrected chi connectivity index (χ1v) is 10.7. The van der Waals surface area contributed by atoms with Crippen molar-refractivity contribution < 1.29 is 23.9 Å². The molecule has 1 aliphatic carbocycles. The first-order valence-electron chi connectivity index (χ1n) is 9.76. The van der Waals surface area contributed by atoms with Crippen LogP contribution in [0.25, 0.3) is 0 Å². The minimum atomic E-state index is -0.701. The van der Waals surface area contributed by atoms with Crippen molar-refractivity contribution in [2.24, 2.45) is 5.92 Å². The molecule has 4 amide bonds. The summed E-state index contributed by atoms with van der Waals surface area (Å²) in [7, 11) is 0. The van der Waals surface area contributed by atoms with Crippen LogP contribution in [0, 0.1) is 5.92 Å². The standard InChI is InChI=1S/C20H25N3O5S/c1-12-4-2-3-5-14(12)22-20(27)23-18(25)11-28-19(26)13-6-7-16-15(10-13)21-17(24)8-9-29-16/h6-7,10,12,14H,2-5,8-9,11H2,1H3,(H,21,24)(H2,22,23,25,27)/t12-,14+/m1/s1. The summed E-state index contributed by atoms with van der Waals surface area (Å²) in [6.45, 7) is 1.51. The number of amides is 4. The largest absolute Gasteiger partial charge is 0.452 e. The number of rotatable bonds is 4. The van der Waals surface area contributed by atoms with Gasteiger partial charge in [-0.25, -0.2) is 9.59 Å². The van der Waals surface area contributed by atoms with Gasteiger partial charge in [0.1, 0.15) is 0 Å². The molecule has 0 aromatic heterocycles. The van der Waals surface area contributed by atoms with Gasteiger partial charge in [0.25, 0.3) is 5.91 Å². The van der Waals surface area contributed by atoms with Gasteiger partial charge in [-0.05, 0) is 37.0 Å². The number of hydrogen-bond donors (Lipinski definition) is 3. The van der Waals surface area contributed by atoms with Gasteiger partial charge in [-0.15, -0.1) is 11.8 Å². The number of esters is 1. The number of carbonyl (C=O) groups excluding carboxylic acids is 4. The zero-order valence-electron chi connectivity index (χ0n) is 16.3. The average molecular weight is 420 g/mol. The van der Waals surface area contributed by atoms with Crippen molar-refractivity contribution in [3.8, 4) is 0 Å². The van der Waals surface area contributed by atoms with E-state index in [2.05, 4.69) is 22.9 Å². The van der Waals surface area contributed by atoms with Gasteiger partial charge in [0.15, 0.2) is 6.61 Å². The third kappa shape index (κ3) is 5.96. The summed E-state index contributed by atoms with van der Waals surface area (Å²) in [6, 6.07) is 4.33. The third-order valence-corrected chi connectivity index (χ3v) is 6.17. The predicted octanol–water partition coefficient (Wildman–Crippen LogP) is 2.68. The van der Waals surface area contributed by atoms with Crippen molar-refractivity contribution in [1.82, 2.24) is 10.6 Å². The molecule has 156 valence electrons. The Morgan fingerprint density at radius 2 is 2.03 bits per heavy atom. The van der Waals surface area contributed by atoms with Gasteiger partial charge in [-0.1, -0.05) is 19.8 Å². The quantitative estimate of drug-likeness (QED) is 0.647. The lowest BCUT2D eigenvalue weighted by molar-refractivity contribution is -0.123. The van der Waals surface area contributed by atoms with Crippen molar-refractivity contribution in [1.29, 1.82) is 0 Å². The van der Waals surface area contributed by atoms with E-state index in [0.717, 1.165) is 30.6 Å². The normalized spacial score (nSPS) is 21.2. The van der Waals surface area contributed by atoms with Crippen LogP contribution in [-0.2, 0) is 14.3 Å². The molecular formula is C20H25N3O5S. The van der Waals surface area contributed by atoms with Gasteiger partial charge < -0.3 is 15.4 Å². The smallest absolute Gasteiger partial charge is 0.338 e. The molecule has 1 aromatic carbocycles. The number of carbonyl (C=O) groups is 4. The molecule has 1 heterocycles. The van der Waals surface area contributed by atoms with E-state index in [1.807, 2.05) is 0 Å². The maximum Gasteiger partial charge on any atom is 0.338 e. The lowest BCUT2D eigenvalue weighted by Gasteiger charge is -2.29. The van der Waals surface area contributed by atoms with E-state index in [-0.39, 0.29) is 17.5 Å². The summed E-state index contributed by atoms with van der Waals surface area (Å²) in [6.07, 6.45) is 4.56. The van der Waals surface area contributed by atoms with Crippen LogP contribution in [0.1, 0.15) is 49.4 Å². The van der Waals surface area contributed by atoms with Crippen molar-refractivity contribution >= 4 is 41.3 Å². The monoisotopic (exact) mass is 419 g/mol. The Morgan fingerprint density at radius 1 is 1.24 bits per heavy atom. The molecule has 0 saturated heterocycles. The Morgan fingerprint density at radius 3 is 2.83 bits per heavy atom. The lowest BCUT2D eigenvalue weighted by atomic mass is 9.86. The average Bonchev–Trinajstić information content (AvgIpc) is 2.87. The molecule has 9 heteroatoms. The molecule has 3 rings (SSSR count). The highest BCUT2D eigenvalue weighted by Gasteiger charge is 2.23. The Labute approximate surface area is 173 Å². The Kier molecular flexibility index (Phi) is 7.13. The number of thioether (sulfide) groups is 1. The molecule has 0 unspecified atom stereocenters. The molecule has 29 heavy (non-hydrogen) atoms. The number of anilines is 1. The van der Waals surface area contributed by atoms with Gasteiger partial charge in [-0.2, -0.15) is 0 Å². The number of imide groups is 1. The Balaban J connectivity index is 1.48. The predicted molar refractivity (Wildman–Crippen MR) is 109 cm³/mol. The first kappa shape index (κ1) is 21.2. The summed E-state index contributed by atoms with van der Waals surface area (Å²) in [5.41, 5.74) is 0.775. The summed E-state index contributed by atoms with van der Waals surface area (Å²) in [4.78, 5) is 48.7. The summed E-state index contributed by atoms with van der Waals surface area (Å²) in [5, 5.41) is 7.75. The zero-order valence-corrected chi connectivity index (χ0v) is 17.1. The third-order valence-electron chi connectivity index (χ3n) is 5.09. The van der Waals surface area contributed by atoms with Crippen molar-refractivity contribution in [3.05, 3.63) is 23.8 Å². The summed E-state index contributed by atoms with van der Waals surface area (Å²) < 4.78 is 5.00. The minimum absolute atomic E-state index is 0.0479. The zero-order chi connectivity index (χ0) is 20.8. The van der Waals surface area contributed by atoms with Gasteiger partial charge in [0, 0.05) is 23.1 Å². The molecule has 1 aliphatic heterocycles. The fourth-order valence-electron chi connectivity index (χ4n) is 3.46. The second-order valence-electron chi connectivity index (χ2n) is 7.32.